The van der Waals surface area contributed by atoms with Crippen molar-refractivity contribution >= 4 is 29.0 Å². The third-order valence-corrected chi connectivity index (χ3v) is 4.50. The van der Waals surface area contributed by atoms with Crippen LogP contribution in [0.3, 0.4) is 0 Å². The molecule has 3 rings (SSSR count). The number of nitrogens with two attached hydrogens (primary N) is 1. The van der Waals surface area contributed by atoms with Crippen LogP contribution in [0, 0.1) is 11.2 Å². The fourth-order valence-corrected chi connectivity index (χ4v) is 2.81. The second kappa shape index (κ2) is 10.1. The highest BCUT2D eigenvalue weighted by molar-refractivity contribution is 6.08. The summed E-state index contributed by atoms with van der Waals surface area (Å²) in [5.41, 5.74) is 6.77. The predicted octanol–water partition coefficient (Wildman–Crippen LogP) is 3.76. The minimum atomic E-state index is -0.680. The first-order chi connectivity index (χ1) is 16.0. The predicted molar refractivity (Wildman–Crippen MR) is 126 cm³/mol. The van der Waals surface area contributed by atoms with Gasteiger partial charge in [0, 0.05) is 25.2 Å². The number of hydrogen-bond acceptors (Lipinski definition) is 9. The first kappa shape index (κ1) is 24.4. The number of nitrogen functional groups attached to an aromatic ring is 1. The van der Waals surface area contributed by atoms with Gasteiger partial charge in [-0.3, -0.25) is 10.3 Å². The summed E-state index contributed by atoms with van der Waals surface area (Å²) in [7, 11) is 1.49. The van der Waals surface area contributed by atoms with Gasteiger partial charge in [-0.1, -0.05) is 23.4 Å². The summed E-state index contributed by atoms with van der Waals surface area (Å²) < 4.78 is 24.2. The van der Waals surface area contributed by atoms with E-state index < -0.39 is 11.7 Å². The van der Waals surface area contributed by atoms with Crippen LogP contribution in [0.15, 0.2) is 53.4 Å². The van der Waals surface area contributed by atoms with Crippen molar-refractivity contribution in [3.63, 3.8) is 0 Å². The number of ether oxygens (including phenoxy) is 1. The normalized spacial score (nSPS) is 11.7. The minimum Gasteiger partial charge on any atom is -0.443 e. The van der Waals surface area contributed by atoms with E-state index in [2.05, 4.69) is 20.4 Å². The highest BCUT2D eigenvalue weighted by Crippen LogP contribution is 2.22. The molecule has 34 heavy (non-hydrogen) atoms. The summed E-state index contributed by atoms with van der Waals surface area (Å²) >= 11 is 0. The lowest BCUT2D eigenvalue weighted by atomic mass is 10.2. The van der Waals surface area contributed by atoms with E-state index in [9.17, 15) is 9.18 Å². The van der Waals surface area contributed by atoms with Gasteiger partial charge in [-0.05, 0) is 32.9 Å². The lowest BCUT2D eigenvalue weighted by Gasteiger charge is -2.25. The van der Waals surface area contributed by atoms with Crippen molar-refractivity contribution in [1.29, 1.82) is 5.41 Å². The molecule has 4 N–H and O–H groups in total. The van der Waals surface area contributed by atoms with Crippen molar-refractivity contribution in [2.75, 3.05) is 17.7 Å². The number of aromatic nitrogens is 3. The van der Waals surface area contributed by atoms with Gasteiger partial charge >= 0.3 is 6.09 Å². The largest absolute Gasteiger partial charge is 0.443 e. The van der Waals surface area contributed by atoms with Crippen LogP contribution in [0.25, 0.3) is 5.70 Å². The molecule has 0 unspecified atom stereocenters. The van der Waals surface area contributed by atoms with E-state index in [0.717, 1.165) is 0 Å². The standard InChI is InChI=1S/C23H26FN7O3/c1-23(2,3)34-22(32)31(4)19-13-28-21(29-20(19)26)16(25)11-18(17-9-10-33-30-17)27-12-14-7-5-6-8-15(14)24/h5-11,13,25,27H,12H2,1-4H3,(H2,26,28,29)/b18-11-,25-16?. The Morgan fingerprint density at radius 3 is 2.68 bits per heavy atom. The molecule has 1 amide bonds. The summed E-state index contributed by atoms with van der Waals surface area (Å²) in [5, 5.41) is 15.4. The van der Waals surface area contributed by atoms with Gasteiger partial charge < -0.3 is 20.3 Å². The van der Waals surface area contributed by atoms with Crippen LogP contribution in [0.4, 0.5) is 20.7 Å². The van der Waals surface area contributed by atoms with Crippen molar-refractivity contribution in [2.24, 2.45) is 0 Å². The molecule has 0 aliphatic carbocycles. The van der Waals surface area contributed by atoms with Crippen LogP contribution < -0.4 is 16.0 Å². The maximum absolute atomic E-state index is 14.0. The molecule has 2 aromatic heterocycles. The quantitative estimate of drug-likeness (QED) is 0.446. The molecule has 0 aliphatic heterocycles. The van der Waals surface area contributed by atoms with E-state index in [1.807, 2.05) is 0 Å². The molecule has 0 aliphatic rings. The molecule has 0 radical (unpaired) electrons. The fourth-order valence-electron chi connectivity index (χ4n) is 2.81. The number of allylic oxidation sites excluding steroid dienone is 1. The van der Waals surface area contributed by atoms with Crippen LogP contribution in [-0.4, -0.2) is 39.6 Å². The van der Waals surface area contributed by atoms with Gasteiger partial charge in [0.1, 0.15) is 34.8 Å². The topological polar surface area (TPSA) is 143 Å². The van der Waals surface area contributed by atoms with Crippen LogP contribution in [0.1, 0.15) is 37.9 Å². The number of halogens is 1. The molecule has 178 valence electrons. The Bertz CT molecular complexity index is 1200. The molecule has 10 nitrogen and oxygen atoms in total. The number of nitrogens with one attached hydrogen (secondary N) is 2. The molecular formula is C23H26FN7O3. The van der Waals surface area contributed by atoms with E-state index in [-0.39, 0.29) is 35.4 Å². The number of anilines is 2. The zero-order valence-corrected chi connectivity index (χ0v) is 19.3. The molecule has 0 fully saturated rings. The van der Waals surface area contributed by atoms with Crippen molar-refractivity contribution in [2.45, 2.75) is 32.9 Å². The van der Waals surface area contributed by atoms with Gasteiger partial charge in [0.25, 0.3) is 0 Å². The van der Waals surface area contributed by atoms with Crippen molar-refractivity contribution in [3.8, 4) is 0 Å². The van der Waals surface area contributed by atoms with Crippen LogP contribution >= 0.6 is 0 Å². The van der Waals surface area contributed by atoms with E-state index in [0.29, 0.717) is 17.0 Å². The third-order valence-electron chi connectivity index (χ3n) is 4.50. The van der Waals surface area contributed by atoms with Gasteiger partial charge in [-0.25, -0.2) is 19.2 Å². The fraction of sp³-hybridized carbons (Fsp3) is 0.261. The average molecular weight is 468 g/mol. The van der Waals surface area contributed by atoms with Crippen LogP contribution in [0.5, 0.6) is 0 Å². The molecule has 11 heteroatoms. The van der Waals surface area contributed by atoms with Crippen molar-refractivity contribution in [3.05, 3.63) is 71.8 Å². The molecule has 0 atom stereocenters. The number of amides is 1. The third kappa shape index (κ3) is 6.15. The molecule has 0 spiro atoms. The minimum absolute atomic E-state index is 0.00110. The molecule has 3 aromatic rings. The van der Waals surface area contributed by atoms with E-state index >= 15 is 0 Å². The Kier molecular flexibility index (Phi) is 7.24. The summed E-state index contributed by atoms with van der Waals surface area (Å²) in [6, 6.07) is 7.95. The van der Waals surface area contributed by atoms with Crippen molar-refractivity contribution in [1.82, 2.24) is 20.4 Å². The monoisotopic (exact) mass is 467 g/mol. The second-order valence-electron chi connectivity index (χ2n) is 8.30. The lowest BCUT2D eigenvalue weighted by molar-refractivity contribution is 0.0589. The summed E-state index contributed by atoms with van der Waals surface area (Å²) in [4.78, 5) is 21.8. The van der Waals surface area contributed by atoms with Gasteiger partial charge in [0.2, 0.25) is 0 Å². The number of hydrogen-bond donors (Lipinski definition) is 3. The van der Waals surface area contributed by atoms with Crippen LogP contribution in [0.2, 0.25) is 0 Å². The smallest absolute Gasteiger partial charge is 0.414 e. The van der Waals surface area contributed by atoms with Gasteiger partial charge in [-0.15, -0.1) is 0 Å². The van der Waals surface area contributed by atoms with E-state index in [1.54, 1.807) is 45.0 Å². The van der Waals surface area contributed by atoms with Gasteiger partial charge in [0.05, 0.1) is 11.9 Å². The number of rotatable bonds is 7. The molecule has 1 aromatic carbocycles. The van der Waals surface area contributed by atoms with E-state index in [1.165, 1.54) is 36.5 Å². The summed E-state index contributed by atoms with van der Waals surface area (Å²) in [6.45, 7) is 5.41. The van der Waals surface area contributed by atoms with E-state index in [4.69, 9.17) is 20.4 Å². The van der Waals surface area contributed by atoms with Crippen LogP contribution in [-0.2, 0) is 11.3 Å². The lowest BCUT2D eigenvalue weighted by Crippen LogP contribution is -2.34. The molecule has 0 saturated heterocycles. The first-order valence-electron chi connectivity index (χ1n) is 10.3. The number of carbonyl (C=O) groups is 1. The Hall–Kier alpha value is -4.28. The Morgan fingerprint density at radius 1 is 1.32 bits per heavy atom. The molecular weight excluding hydrogens is 441 g/mol. The maximum atomic E-state index is 14.0. The first-order valence-corrected chi connectivity index (χ1v) is 10.3. The molecule has 2 heterocycles. The van der Waals surface area contributed by atoms with Gasteiger partial charge in [-0.2, -0.15) is 0 Å². The molecule has 0 bridgehead atoms. The zero-order chi connectivity index (χ0) is 24.9. The zero-order valence-electron chi connectivity index (χ0n) is 19.3. The summed E-state index contributed by atoms with van der Waals surface area (Å²) in [5.74, 6) is -0.336. The number of benzene rings is 1. The number of carbonyl (C=O) groups excluding carboxylic acids is 1. The number of nitrogens with zero attached hydrogens (tertiary/aromatic N) is 4. The summed E-state index contributed by atoms with van der Waals surface area (Å²) in [6.07, 6.45) is 3.54. The van der Waals surface area contributed by atoms with Gasteiger partial charge in [0.15, 0.2) is 11.6 Å². The SMILES string of the molecule is CN(C(=O)OC(C)(C)C)c1cnc(C(=N)/C=C(\NCc2ccccc2F)c2ccon2)nc1N. The highest BCUT2D eigenvalue weighted by Gasteiger charge is 2.23. The Balaban J connectivity index is 1.81. The Labute approximate surface area is 196 Å². The maximum Gasteiger partial charge on any atom is 0.414 e. The Morgan fingerprint density at radius 2 is 2.06 bits per heavy atom. The second-order valence-corrected chi connectivity index (χ2v) is 8.30. The molecule has 0 saturated carbocycles. The average Bonchev–Trinajstić information content (AvgIpc) is 3.30. The van der Waals surface area contributed by atoms with Crippen molar-refractivity contribution < 1.29 is 18.4 Å². The highest BCUT2D eigenvalue weighted by atomic mass is 19.1.